The Labute approximate surface area is 162 Å². The highest BCUT2D eigenvalue weighted by Crippen LogP contribution is 2.32. The van der Waals surface area contributed by atoms with E-state index < -0.39 is 6.10 Å². The van der Waals surface area contributed by atoms with Gasteiger partial charge >= 0.3 is 0 Å². The average molecular weight is 395 g/mol. The first-order valence-corrected chi connectivity index (χ1v) is 9.24. The minimum Gasteiger partial charge on any atom is -0.479 e. The van der Waals surface area contributed by atoms with E-state index in [-0.39, 0.29) is 5.91 Å². The van der Waals surface area contributed by atoms with E-state index in [0.717, 1.165) is 12.2 Å². The third kappa shape index (κ3) is 5.26. The van der Waals surface area contributed by atoms with E-state index in [1.807, 2.05) is 12.1 Å². The zero-order chi connectivity index (χ0) is 18.5. The van der Waals surface area contributed by atoms with Gasteiger partial charge < -0.3 is 14.8 Å². The molecule has 1 heterocycles. The van der Waals surface area contributed by atoms with Crippen molar-refractivity contribution in [1.29, 1.82) is 0 Å². The van der Waals surface area contributed by atoms with Crippen LogP contribution in [-0.2, 0) is 11.3 Å². The lowest BCUT2D eigenvalue weighted by atomic mass is 10.2. The fourth-order valence-electron chi connectivity index (χ4n) is 2.24. The molecule has 1 fully saturated rings. The Hall–Kier alpha value is -1.98. The van der Waals surface area contributed by atoms with Gasteiger partial charge in [-0.15, -0.1) is 0 Å². The molecule has 0 spiro atoms. The van der Waals surface area contributed by atoms with Crippen LogP contribution in [0.25, 0.3) is 0 Å². The van der Waals surface area contributed by atoms with Crippen LogP contribution in [0, 0.1) is 5.92 Å². The summed E-state index contributed by atoms with van der Waals surface area (Å²) < 4.78 is 11.2. The summed E-state index contributed by atoms with van der Waals surface area (Å²) in [5.74, 6) is 1.42. The SMILES string of the molecule is CC(Oc1cccc(Cl)c1Cl)C(=O)NCc1ccc(OCC2CC2)nc1. The van der Waals surface area contributed by atoms with Gasteiger partial charge in [0.15, 0.2) is 6.10 Å². The van der Waals surface area contributed by atoms with E-state index in [1.165, 1.54) is 12.8 Å². The highest BCUT2D eigenvalue weighted by molar-refractivity contribution is 6.42. The topological polar surface area (TPSA) is 60.5 Å². The monoisotopic (exact) mass is 394 g/mol. The smallest absolute Gasteiger partial charge is 0.261 e. The van der Waals surface area contributed by atoms with Crippen LogP contribution in [-0.4, -0.2) is 23.6 Å². The number of carbonyl (C=O) groups is 1. The minimum atomic E-state index is -0.708. The van der Waals surface area contributed by atoms with E-state index in [0.29, 0.717) is 34.1 Å². The summed E-state index contributed by atoms with van der Waals surface area (Å²) in [6.45, 7) is 2.73. The second kappa shape index (κ2) is 8.60. The number of rotatable bonds is 8. The van der Waals surface area contributed by atoms with Gasteiger partial charge in [0.1, 0.15) is 10.8 Å². The molecule has 1 unspecified atom stereocenters. The van der Waals surface area contributed by atoms with E-state index >= 15 is 0 Å². The van der Waals surface area contributed by atoms with Crippen LogP contribution in [0.2, 0.25) is 10.0 Å². The first kappa shape index (κ1) is 18.8. The van der Waals surface area contributed by atoms with Crippen LogP contribution in [0.4, 0.5) is 0 Å². The molecule has 1 aromatic carbocycles. The van der Waals surface area contributed by atoms with Crippen molar-refractivity contribution in [3.8, 4) is 11.6 Å². The van der Waals surface area contributed by atoms with Crippen LogP contribution in [0.5, 0.6) is 11.6 Å². The molecule has 2 aromatic rings. The lowest BCUT2D eigenvalue weighted by Gasteiger charge is -2.16. The predicted octanol–water partition coefficient (Wildman–Crippen LogP) is 4.26. The van der Waals surface area contributed by atoms with Crippen LogP contribution in [0.1, 0.15) is 25.3 Å². The molecule has 3 rings (SSSR count). The number of amides is 1. The van der Waals surface area contributed by atoms with Gasteiger partial charge in [-0.2, -0.15) is 0 Å². The van der Waals surface area contributed by atoms with Crippen LogP contribution in [0.15, 0.2) is 36.5 Å². The summed E-state index contributed by atoms with van der Waals surface area (Å²) in [4.78, 5) is 16.5. The Morgan fingerprint density at radius 2 is 2.12 bits per heavy atom. The first-order valence-electron chi connectivity index (χ1n) is 8.49. The molecule has 1 atom stereocenters. The molecule has 5 nitrogen and oxygen atoms in total. The highest BCUT2D eigenvalue weighted by atomic mass is 35.5. The number of pyridine rings is 1. The Morgan fingerprint density at radius 3 is 2.81 bits per heavy atom. The van der Waals surface area contributed by atoms with Gasteiger partial charge in [0.2, 0.25) is 5.88 Å². The van der Waals surface area contributed by atoms with Gasteiger partial charge in [-0.1, -0.05) is 35.3 Å². The zero-order valence-electron chi connectivity index (χ0n) is 14.4. The van der Waals surface area contributed by atoms with Crippen LogP contribution < -0.4 is 14.8 Å². The Bertz CT molecular complexity index is 764. The van der Waals surface area contributed by atoms with E-state index in [2.05, 4.69) is 10.3 Å². The number of aromatic nitrogens is 1. The molecule has 0 aliphatic heterocycles. The van der Waals surface area contributed by atoms with E-state index in [9.17, 15) is 4.79 Å². The molecule has 1 saturated carbocycles. The summed E-state index contributed by atoms with van der Waals surface area (Å²) in [5, 5.41) is 3.48. The van der Waals surface area contributed by atoms with Gasteiger partial charge in [0.05, 0.1) is 11.6 Å². The quantitative estimate of drug-likeness (QED) is 0.726. The van der Waals surface area contributed by atoms with Gasteiger partial charge in [0.25, 0.3) is 5.91 Å². The number of nitrogens with one attached hydrogen (secondary N) is 1. The number of halogens is 2. The first-order chi connectivity index (χ1) is 12.5. The van der Waals surface area contributed by atoms with Crippen molar-refractivity contribution in [1.82, 2.24) is 10.3 Å². The minimum absolute atomic E-state index is 0.255. The number of hydrogen-bond donors (Lipinski definition) is 1. The second-order valence-corrected chi connectivity index (χ2v) is 7.07. The van der Waals surface area contributed by atoms with Crippen LogP contribution in [0.3, 0.4) is 0 Å². The molecule has 138 valence electrons. The molecule has 1 N–H and O–H groups in total. The van der Waals surface area contributed by atoms with Crippen molar-refractivity contribution in [2.75, 3.05) is 6.61 Å². The lowest BCUT2D eigenvalue weighted by Crippen LogP contribution is -2.36. The third-order valence-corrected chi connectivity index (χ3v) is 4.82. The molecule has 1 aliphatic rings. The van der Waals surface area contributed by atoms with Crippen molar-refractivity contribution >= 4 is 29.1 Å². The molecule has 1 aromatic heterocycles. The molecule has 0 saturated heterocycles. The number of ether oxygens (including phenoxy) is 2. The second-order valence-electron chi connectivity index (χ2n) is 6.29. The number of benzene rings is 1. The molecular formula is C19H20Cl2N2O3. The Balaban J connectivity index is 1.47. The molecule has 1 amide bonds. The third-order valence-electron chi connectivity index (χ3n) is 4.02. The van der Waals surface area contributed by atoms with Gasteiger partial charge in [-0.05, 0) is 43.4 Å². The van der Waals surface area contributed by atoms with Gasteiger partial charge in [-0.3, -0.25) is 4.79 Å². The number of carbonyl (C=O) groups excluding carboxylic acids is 1. The molecule has 0 radical (unpaired) electrons. The molecule has 0 bridgehead atoms. The van der Waals surface area contributed by atoms with Crippen molar-refractivity contribution in [2.45, 2.75) is 32.4 Å². The van der Waals surface area contributed by atoms with Gasteiger partial charge in [0, 0.05) is 18.8 Å². The maximum Gasteiger partial charge on any atom is 0.261 e. The molecule has 26 heavy (non-hydrogen) atoms. The standard InChI is InChI=1S/C19H20Cl2N2O3/c1-12(26-16-4-2-3-15(20)18(16)21)19(24)23-10-14-7-8-17(22-9-14)25-11-13-5-6-13/h2-4,7-9,12-13H,5-6,10-11H2,1H3,(H,23,24). The van der Waals surface area contributed by atoms with Gasteiger partial charge in [-0.25, -0.2) is 4.98 Å². The van der Waals surface area contributed by atoms with Crippen molar-refractivity contribution in [3.05, 3.63) is 52.1 Å². The van der Waals surface area contributed by atoms with Crippen molar-refractivity contribution < 1.29 is 14.3 Å². The largest absolute Gasteiger partial charge is 0.479 e. The molecular weight excluding hydrogens is 375 g/mol. The zero-order valence-corrected chi connectivity index (χ0v) is 15.9. The Morgan fingerprint density at radius 1 is 1.31 bits per heavy atom. The normalized spacial score (nSPS) is 14.6. The summed E-state index contributed by atoms with van der Waals surface area (Å²) in [7, 11) is 0. The Kier molecular flexibility index (Phi) is 6.22. The number of nitrogens with zero attached hydrogens (tertiary/aromatic N) is 1. The molecule has 7 heteroatoms. The van der Waals surface area contributed by atoms with Crippen molar-refractivity contribution in [3.63, 3.8) is 0 Å². The maximum absolute atomic E-state index is 12.2. The summed E-state index contributed by atoms with van der Waals surface area (Å²) >= 11 is 12.0. The van der Waals surface area contributed by atoms with Crippen LogP contribution >= 0.6 is 23.2 Å². The maximum atomic E-state index is 12.2. The average Bonchev–Trinajstić information content (AvgIpc) is 3.47. The van der Waals surface area contributed by atoms with E-state index in [1.54, 1.807) is 31.3 Å². The summed E-state index contributed by atoms with van der Waals surface area (Å²) in [6.07, 6.45) is 3.47. The summed E-state index contributed by atoms with van der Waals surface area (Å²) in [5.41, 5.74) is 0.880. The summed E-state index contributed by atoms with van der Waals surface area (Å²) in [6, 6.07) is 8.74. The van der Waals surface area contributed by atoms with E-state index in [4.69, 9.17) is 32.7 Å². The lowest BCUT2D eigenvalue weighted by molar-refractivity contribution is -0.127. The fraction of sp³-hybridized carbons (Fsp3) is 0.368. The molecule has 1 aliphatic carbocycles. The predicted molar refractivity (Wildman–Crippen MR) is 101 cm³/mol. The number of hydrogen-bond acceptors (Lipinski definition) is 4. The fourth-order valence-corrected chi connectivity index (χ4v) is 2.58. The highest BCUT2D eigenvalue weighted by Gasteiger charge is 2.22. The van der Waals surface area contributed by atoms with Crippen molar-refractivity contribution in [2.24, 2.45) is 5.92 Å².